The van der Waals surface area contributed by atoms with Crippen LogP contribution in [0.4, 0.5) is 0 Å². The van der Waals surface area contributed by atoms with Crippen molar-refractivity contribution in [1.29, 1.82) is 0 Å². The molecule has 0 bridgehead atoms. The summed E-state index contributed by atoms with van der Waals surface area (Å²) in [6.07, 6.45) is 15.1. The predicted octanol–water partition coefficient (Wildman–Crippen LogP) is 4.12. The van der Waals surface area contributed by atoms with Gasteiger partial charge in [-0.1, -0.05) is 45.4 Å². The van der Waals surface area contributed by atoms with Gasteiger partial charge in [-0.15, -0.1) is 0 Å². The molecule has 2 saturated carbocycles. The van der Waals surface area contributed by atoms with E-state index in [1.54, 1.807) is 0 Å². The Bertz CT molecular complexity index is 256. The molecule has 0 amide bonds. The van der Waals surface area contributed by atoms with Crippen molar-refractivity contribution in [2.75, 3.05) is 13.2 Å². The molecule has 2 N–H and O–H groups in total. The molecule has 2 fully saturated rings. The van der Waals surface area contributed by atoms with Crippen LogP contribution in [0.25, 0.3) is 0 Å². The first-order chi connectivity index (χ1) is 9.83. The molecule has 2 nitrogen and oxygen atoms in total. The molecule has 2 aliphatic carbocycles. The van der Waals surface area contributed by atoms with Gasteiger partial charge >= 0.3 is 0 Å². The van der Waals surface area contributed by atoms with Crippen molar-refractivity contribution in [2.24, 2.45) is 17.8 Å². The Morgan fingerprint density at radius 3 is 2.45 bits per heavy atom. The summed E-state index contributed by atoms with van der Waals surface area (Å²) in [5.41, 5.74) is 0. The van der Waals surface area contributed by atoms with Crippen molar-refractivity contribution in [1.82, 2.24) is 5.32 Å². The average Bonchev–Trinajstić information content (AvgIpc) is 2.71. The van der Waals surface area contributed by atoms with Crippen molar-refractivity contribution in [3.8, 4) is 0 Å². The summed E-state index contributed by atoms with van der Waals surface area (Å²) < 4.78 is 0. The predicted molar refractivity (Wildman–Crippen MR) is 85.8 cm³/mol. The Morgan fingerprint density at radius 1 is 0.900 bits per heavy atom. The van der Waals surface area contributed by atoms with Gasteiger partial charge in [0.15, 0.2) is 0 Å². The van der Waals surface area contributed by atoms with Crippen molar-refractivity contribution in [2.45, 2.75) is 83.6 Å². The Balaban J connectivity index is 1.70. The minimum absolute atomic E-state index is 0.398. The largest absolute Gasteiger partial charge is 0.396 e. The van der Waals surface area contributed by atoms with Gasteiger partial charge in [-0.05, 0) is 56.4 Å². The lowest BCUT2D eigenvalue weighted by atomic mass is 9.79. The lowest BCUT2D eigenvalue weighted by Crippen LogP contribution is -2.37. The summed E-state index contributed by atoms with van der Waals surface area (Å²) in [6, 6.07) is 0.748. The maximum Gasteiger partial charge on any atom is 0.0462 e. The maximum atomic E-state index is 9.51. The minimum atomic E-state index is 0.398. The van der Waals surface area contributed by atoms with Crippen LogP contribution in [0.2, 0.25) is 0 Å². The highest BCUT2D eigenvalue weighted by Crippen LogP contribution is 2.30. The first-order valence-electron chi connectivity index (χ1n) is 9.17. The second-order valence-electron chi connectivity index (χ2n) is 7.26. The molecule has 0 aromatic heterocycles. The second-order valence-corrected chi connectivity index (χ2v) is 7.26. The molecule has 0 spiro atoms. The highest BCUT2D eigenvalue weighted by Gasteiger charge is 2.25. The summed E-state index contributed by atoms with van der Waals surface area (Å²) in [7, 11) is 0. The maximum absolute atomic E-state index is 9.51. The van der Waals surface area contributed by atoms with E-state index in [9.17, 15) is 5.11 Å². The smallest absolute Gasteiger partial charge is 0.0462 e. The fourth-order valence-electron chi connectivity index (χ4n) is 4.39. The summed E-state index contributed by atoms with van der Waals surface area (Å²) in [5.74, 6) is 2.28. The van der Waals surface area contributed by atoms with E-state index in [1.165, 1.54) is 70.6 Å². The monoisotopic (exact) mass is 281 g/mol. The van der Waals surface area contributed by atoms with Crippen LogP contribution in [0.1, 0.15) is 77.6 Å². The van der Waals surface area contributed by atoms with E-state index in [4.69, 9.17) is 0 Å². The number of aliphatic hydroxyl groups is 1. The molecular weight excluding hydrogens is 246 g/mol. The van der Waals surface area contributed by atoms with Crippen molar-refractivity contribution < 1.29 is 5.11 Å². The second kappa shape index (κ2) is 9.04. The molecule has 118 valence electrons. The molecular formula is C18H35NO. The molecule has 2 aliphatic rings. The van der Waals surface area contributed by atoms with Gasteiger partial charge in [-0.3, -0.25) is 0 Å². The van der Waals surface area contributed by atoms with E-state index in [2.05, 4.69) is 12.2 Å². The van der Waals surface area contributed by atoms with E-state index in [0.717, 1.165) is 24.4 Å². The molecule has 20 heavy (non-hydrogen) atoms. The highest BCUT2D eigenvalue weighted by molar-refractivity contribution is 4.80. The van der Waals surface area contributed by atoms with E-state index in [0.29, 0.717) is 12.5 Å². The molecule has 0 aromatic rings. The van der Waals surface area contributed by atoms with Gasteiger partial charge in [0.1, 0.15) is 0 Å². The molecule has 0 radical (unpaired) electrons. The number of nitrogens with one attached hydrogen (secondary N) is 1. The fraction of sp³-hybridized carbons (Fsp3) is 1.00. The third-order valence-corrected chi connectivity index (χ3v) is 5.75. The van der Waals surface area contributed by atoms with Crippen molar-refractivity contribution in [3.05, 3.63) is 0 Å². The molecule has 4 atom stereocenters. The molecule has 0 aliphatic heterocycles. The summed E-state index contributed by atoms with van der Waals surface area (Å²) >= 11 is 0. The minimum Gasteiger partial charge on any atom is -0.396 e. The zero-order chi connectivity index (χ0) is 14.2. The number of hydrogen-bond donors (Lipinski definition) is 2. The van der Waals surface area contributed by atoms with E-state index in [1.807, 2.05) is 0 Å². The van der Waals surface area contributed by atoms with E-state index >= 15 is 0 Å². The average molecular weight is 281 g/mol. The van der Waals surface area contributed by atoms with Gasteiger partial charge in [0, 0.05) is 12.6 Å². The van der Waals surface area contributed by atoms with Gasteiger partial charge in [-0.2, -0.15) is 0 Å². The van der Waals surface area contributed by atoms with Gasteiger partial charge in [0.05, 0.1) is 0 Å². The lowest BCUT2D eigenvalue weighted by molar-refractivity contribution is 0.130. The van der Waals surface area contributed by atoms with Gasteiger partial charge < -0.3 is 10.4 Å². The fourth-order valence-corrected chi connectivity index (χ4v) is 4.39. The molecule has 2 heteroatoms. The van der Waals surface area contributed by atoms with Crippen LogP contribution >= 0.6 is 0 Å². The molecule has 0 heterocycles. The zero-order valence-corrected chi connectivity index (χ0v) is 13.4. The number of rotatable bonds is 6. The number of aliphatic hydroxyl groups excluding tert-OH is 1. The Labute approximate surface area is 125 Å². The Morgan fingerprint density at radius 2 is 1.70 bits per heavy atom. The molecule has 0 saturated heterocycles. The van der Waals surface area contributed by atoms with Crippen LogP contribution in [0.3, 0.4) is 0 Å². The van der Waals surface area contributed by atoms with E-state index in [-0.39, 0.29) is 0 Å². The van der Waals surface area contributed by atoms with Gasteiger partial charge in [0.25, 0.3) is 0 Å². The summed E-state index contributed by atoms with van der Waals surface area (Å²) in [4.78, 5) is 0. The summed E-state index contributed by atoms with van der Waals surface area (Å²) in [6.45, 7) is 3.86. The highest BCUT2D eigenvalue weighted by atomic mass is 16.3. The normalized spacial score (nSPS) is 35.7. The summed E-state index contributed by atoms with van der Waals surface area (Å²) in [5, 5.41) is 13.4. The van der Waals surface area contributed by atoms with Crippen LogP contribution in [-0.4, -0.2) is 24.3 Å². The SMILES string of the molecule is CCCC1CCCC(NCC2CCCCC2CO)CC1. The van der Waals surface area contributed by atoms with Crippen LogP contribution in [0.5, 0.6) is 0 Å². The zero-order valence-electron chi connectivity index (χ0n) is 13.4. The lowest BCUT2D eigenvalue weighted by Gasteiger charge is -2.31. The Hall–Kier alpha value is -0.0800. The van der Waals surface area contributed by atoms with Crippen LogP contribution < -0.4 is 5.32 Å². The van der Waals surface area contributed by atoms with E-state index < -0.39 is 0 Å². The van der Waals surface area contributed by atoms with Crippen LogP contribution in [0.15, 0.2) is 0 Å². The third kappa shape index (κ3) is 5.04. The Kier molecular flexibility index (Phi) is 7.37. The van der Waals surface area contributed by atoms with Crippen LogP contribution in [-0.2, 0) is 0 Å². The van der Waals surface area contributed by atoms with Gasteiger partial charge in [-0.25, -0.2) is 0 Å². The molecule has 2 rings (SSSR count). The number of hydrogen-bond acceptors (Lipinski definition) is 2. The quantitative estimate of drug-likeness (QED) is 0.718. The van der Waals surface area contributed by atoms with Gasteiger partial charge in [0.2, 0.25) is 0 Å². The standard InChI is InChI=1S/C18H35NO/c1-2-6-15-7-5-10-18(12-11-15)19-13-16-8-3-4-9-17(16)14-20/h15-20H,2-14H2,1H3. The molecule has 0 aromatic carbocycles. The first kappa shape index (κ1) is 16.3. The van der Waals surface area contributed by atoms with Crippen molar-refractivity contribution >= 4 is 0 Å². The third-order valence-electron chi connectivity index (χ3n) is 5.75. The molecule has 4 unspecified atom stereocenters. The van der Waals surface area contributed by atoms with Crippen molar-refractivity contribution in [3.63, 3.8) is 0 Å². The van der Waals surface area contributed by atoms with Crippen LogP contribution in [0, 0.1) is 17.8 Å². The first-order valence-corrected chi connectivity index (χ1v) is 9.17. The topological polar surface area (TPSA) is 32.3 Å².